The SMILES string of the molecule is CN=C(NCCC(C)c1ccc(OC)cc1)NCC1CCCN(CC(C)C)C1. The third-order valence-electron chi connectivity index (χ3n) is 5.56. The molecule has 1 saturated heterocycles. The van der Waals surface area contributed by atoms with Crippen molar-refractivity contribution in [2.24, 2.45) is 16.8 Å². The number of benzene rings is 1. The lowest BCUT2D eigenvalue weighted by atomic mass is 9.97. The molecule has 0 aliphatic carbocycles. The van der Waals surface area contributed by atoms with Gasteiger partial charge in [-0.15, -0.1) is 0 Å². The highest BCUT2D eigenvalue weighted by molar-refractivity contribution is 5.79. The summed E-state index contributed by atoms with van der Waals surface area (Å²) in [4.78, 5) is 7.01. The molecule has 2 unspecified atom stereocenters. The van der Waals surface area contributed by atoms with Crippen LogP contribution in [0.4, 0.5) is 0 Å². The van der Waals surface area contributed by atoms with Crippen molar-refractivity contribution in [2.45, 2.75) is 46.0 Å². The first-order valence-electron chi connectivity index (χ1n) is 10.8. The third-order valence-corrected chi connectivity index (χ3v) is 5.56. The van der Waals surface area contributed by atoms with E-state index >= 15 is 0 Å². The Morgan fingerprint density at radius 2 is 1.96 bits per heavy atom. The average molecular weight is 389 g/mol. The average Bonchev–Trinajstić information content (AvgIpc) is 2.70. The first-order chi connectivity index (χ1) is 13.5. The molecule has 0 bridgehead atoms. The number of likely N-dealkylation sites (tertiary alicyclic amines) is 1. The Bertz CT molecular complexity index is 585. The minimum Gasteiger partial charge on any atom is -0.497 e. The molecule has 2 atom stereocenters. The van der Waals surface area contributed by atoms with Gasteiger partial charge in [0, 0.05) is 33.2 Å². The van der Waals surface area contributed by atoms with Crippen molar-refractivity contribution < 1.29 is 4.74 Å². The van der Waals surface area contributed by atoms with Gasteiger partial charge in [-0.2, -0.15) is 0 Å². The van der Waals surface area contributed by atoms with Crippen LogP contribution in [0, 0.1) is 11.8 Å². The smallest absolute Gasteiger partial charge is 0.190 e. The molecule has 5 nitrogen and oxygen atoms in total. The van der Waals surface area contributed by atoms with Gasteiger partial charge in [-0.3, -0.25) is 4.99 Å². The second-order valence-electron chi connectivity index (χ2n) is 8.50. The van der Waals surface area contributed by atoms with Gasteiger partial charge in [0.1, 0.15) is 5.75 Å². The Kier molecular flexibility index (Phi) is 9.62. The first-order valence-corrected chi connectivity index (χ1v) is 10.8. The van der Waals surface area contributed by atoms with Crippen LogP contribution in [0.3, 0.4) is 0 Å². The zero-order valence-electron chi connectivity index (χ0n) is 18.5. The fourth-order valence-corrected chi connectivity index (χ4v) is 3.97. The maximum Gasteiger partial charge on any atom is 0.190 e. The molecular formula is C23H40N4O. The number of aliphatic imine (C=N–C) groups is 1. The molecule has 1 heterocycles. The van der Waals surface area contributed by atoms with Gasteiger partial charge in [0.25, 0.3) is 0 Å². The maximum absolute atomic E-state index is 5.24. The van der Waals surface area contributed by atoms with E-state index in [1.165, 1.54) is 38.0 Å². The van der Waals surface area contributed by atoms with Crippen LogP contribution in [0.15, 0.2) is 29.3 Å². The molecule has 158 valence electrons. The number of methoxy groups -OCH3 is 1. The number of piperidine rings is 1. The standard InChI is InChI=1S/C23H40N4O/c1-18(2)16-27-14-6-7-20(17-27)15-26-23(24-4)25-13-12-19(3)21-8-10-22(28-5)11-9-21/h8-11,18-20H,6-7,12-17H2,1-5H3,(H2,24,25,26). The lowest BCUT2D eigenvalue weighted by Crippen LogP contribution is -2.45. The molecule has 1 fully saturated rings. The molecule has 0 aromatic heterocycles. The molecule has 0 amide bonds. The lowest BCUT2D eigenvalue weighted by molar-refractivity contribution is 0.159. The highest BCUT2D eigenvalue weighted by Gasteiger charge is 2.20. The Balaban J connectivity index is 1.69. The zero-order chi connectivity index (χ0) is 20.4. The predicted octanol–water partition coefficient (Wildman–Crippen LogP) is 3.72. The molecule has 2 rings (SSSR count). The Labute approximate surface area is 171 Å². The molecule has 1 aliphatic rings. The molecule has 1 aliphatic heterocycles. The number of nitrogens with zero attached hydrogens (tertiary/aromatic N) is 2. The normalized spacial score (nSPS) is 19.5. The quantitative estimate of drug-likeness (QED) is 0.500. The van der Waals surface area contributed by atoms with Crippen LogP contribution in [0.25, 0.3) is 0 Å². The van der Waals surface area contributed by atoms with Crippen molar-refractivity contribution in [2.75, 3.05) is 46.9 Å². The molecule has 0 saturated carbocycles. The van der Waals surface area contributed by atoms with E-state index in [1.807, 2.05) is 19.2 Å². The lowest BCUT2D eigenvalue weighted by Gasteiger charge is -2.34. The Morgan fingerprint density at radius 3 is 2.61 bits per heavy atom. The summed E-state index contributed by atoms with van der Waals surface area (Å²) in [6, 6.07) is 8.38. The van der Waals surface area contributed by atoms with Crippen molar-refractivity contribution in [3.63, 3.8) is 0 Å². The van der Waals surface area contributed by atoms with E-state index < -0.39 is 0 Å². The van der Waals surface area contributed by atoms with Gasteiger partial charge < -0.3 is 20.3 Å². The van der Waals surface area contributed by atoms with Crippen LogP contribution in [-0.2, 0) is 0 Å². The molecular weight excluding hydrogens is 348 g/mol. The van der Waals surface area contributed by atoms with E-state index in [4.69, 9.17) is 4.74 Å². The number of nitrogens with one attached hydrogen (secondary N) is 2. The summed E-state index contributed by atoms with van der Waals surface area (Å²) in [6.07, 6.45) is 3.69. The Hall–Kier alpha value is -1.75. The second-order valence-corrected chi connectivity index (χ2v) is 8.50. The summed E-state index contributed by atoms with van der Waals surface area (Å²) in [5.41, 5.74) is 1.35. The summed E-state index contributed by atoms with van der Waals surface area (Å²) >= 11 is 0. The summed E-state index contributed by atoms with van der Waals surface area (Å²) in [7, 11) is 3.56. The van der Waals surface area contributed by atoms with Crippen molar-refractivity contribution >= 4 is 5.96 Å². The largest absolute Gasteiger partial charge is 0.497 e. The molecule has 2 N–H and O–H groups in total. The van der Waals surface area contributed by atoms with E-state index in [0.29, 0.717) is 11.8 Å². The molecule has 1 aromatic rings. The van der Waals surface area contributed by atoms with E-state index in [1.54, 1.807) is 7.11 Å². The van der Waals surface area contributed by atoms with Gasteiger partial charge in [0.2, 0.25) is 0 Å². The van der Waals surface area contributed by atoms with Gasteiger partial charge in [0.15, 0.2) is 5.96 Å². The van der Waals surface area contributed by atoms with E-state index in [0.717, 1.165) is 37.1 Å². The second kappa shape index (κ2) is 11.9. The van der Waals surface area contributed by atoms with Crippen LogP contribution in [0.2, 0.25) is 0 Å². The van der Waals surface area contributed by atoms with Gasteiger partial charge >= 0.3 is 0 Å². The van der Waals surface area contributed by atoms with Crippen LogP contribution in [0.5, 0.6) is 5.75 Å². The van der Waals surface area contributed by atoms with Crippen molar-refractivity contribution in [3.8, 4) is 5.75 Å². The minimum atomic E-state index is 0.499. The van der Waals surface area contributed by atoms with E-state index in [2.05, 4.69) is 53.4 Å². The molecule has 0 radical (unpaired) electrons. The van der Waals surface area contributed by atoms with Crippen LogP contribution < -0.4 is 15.4 Å². The number of hydrogen-bond acceptors (Lipinski definition) is 3. The maximum atomic E-state index is 5.24. The summed E-state index contributed by atoms with van der Waals surface area (Å²) in [5.74, 6) is 3.79. The summed E-state index contributed by atoms with van der Waals surface area (Å²) in [5, 5.41) is 7.01. The van der Waals surface area contributed by atoms with Gasteiger partial charge in [-0.1, -0.05) is 32.9 Å². The predicted molar refractivity (Wildman–Crippen MR) is 119 cm³/mol. The van der Waals surface area contributed by atoms with Crippen LogP contribution in [-0.4, -0.2) is 57.7 Å². The highest BCUT2D eigenvalue weighted by Crippen LogP contribution is 2.21. The van der Waals surface area contributed by atoms with Crippen LogP contribution in [0.1, 0.15) is 51.5 Å². The molecule has 5 heteroatoms. The molecule has 1 aromatic carbocycles. The van der Waals surface area contributed by atoms with Gasteiger partial charge in [-0.05, 0) is 61.3 Å². The number of rotatable bonds is 9. The third kappa shape index (κ3) is 7.70. The van der Waals surface area contributed by atoms with E-state index in [-0.39, 0.29) is 0 Å². The zero-order valence-corrected chi connectivity index (χ0v) is 18.5. The topological polar surface area (TPSA) is 48.9 Å². The van der Waals surface area contributed by atoms with Gasteiger partial charge in [0.05, 0.1) is 7.11 Å². The monoisotopic (exact) mass is 388 g/mol. The first kappa shape index (κ1) is 22.5. The Morgan fingerprint density at radius 1 is 1.21 bits per heavy atom. The fraction of sp³-hybridized carbons (Fsp3) is 0.696. The fourth-order valence-electron chi connectivity index (χ4n) is 3.97. The summed E-state index contributed by atoms with van der Waals surface area (Å²) in [6.45, 7) is 12.5. The van der Waals surface area contributed by atoms with Crippen LogP contribution >= 0.6 is 0 Å². The molecule has 28 heavy (non-hydrogen) atoms. The van der Waals surface area contributed by atoms with Crippen molar-refractivity contribution in [1.29, 1.82) is 0 Å². The number of guanidine groups is 1. The van der Waals surface area contributed by atoms with Gasteiger partial charge in [-0.25, -0.2) is 0 Å². The highest BCUT2D eigenvalue weighted by atomic mass is 16.5. The number of hydrogen-bond donors (Lipinski definition) is 2. The summed E-state index contributed by atoms with van der Waals surface area (Å²) < 4.78 is 5.24. The molecule has 0 spiro atoms. The number of ether oxygens (including phenoxy) is 1. The van der Waals surface area contributed by atoms with E-state index in [9.17, 15) is 0 Å². The van der Waals surface area contributed by atoms with Crippen molar-refractivity contribution in [1.82, 2.24) is 15.5 Å². The van der Waals surface area contributed by atoms with Crippen molar-refractivity contribution in [3.05, 3.63) is 29.8 Å². The minimum absolute atomic E-state index is 0.499.